The predicted octanol–water partition coefficient (Wildman–Crippen LogP) is 6.20. The molecular weight excluding hydrogens is 519 g/mol. The summed E-state index contributed by atoms with van der Waals surface area (Å²) in [5.74, 6) is -2.12. The Bertz CT molecular complexity index is 1600. The van der Waals surface area contributed by atoms with Gasteiger partial charge in [-0.05, 0) is 30.3 Å². The van der Waals surface area contributed by atoms with Crippen molar-refractivity contribution in [1.82, 2.24) is 0 Å². The molecule has 0 radical (unpaired) electrons. The Balaban J connectivity index is 1.95. The summed E-state index contributed by atoms with van der Waals surface area (Å²) in [5, 5.41) is 4.14. The Morgan fingerprint density at radius 2 is 1.63 bits per heavy atom. The van der Waals surface area contributed by atoms with Crippen molar-refractivity contribution in [2.75, 3.05) is 5.43 Å². The topological polar surface area (TPSA) is 107 Å². The number of hydrogen-bond donors (Lipinski definition) is 1. The van der Waals surface area contributed by atoms with E-state index < -0.39 is 17.4 Å². The van der Waals surface area contributed by atoms with Crippen LogP contribution in [0.15, 0.2) is 56.8 Å². The van der Waals surface area contributed by atoms with Crippen LogP contribution in [0, 0.1) is 0 Å². The van der Waals surface area contributed by atoms with Gasteiger partial charge < -0.3 is 13.9 Å². The van der Waals surface area contributed by atoms with Gasteiger partial charge in [0.05, 0.1) is 17.3 Å². The van der Waals surface area contributed by atoms with Gasteiger partial charge in [0.1, 0.15) is 21.0 Å². The highest BCUT2D eigenvalue weighted by molar-refractivity contribution is 6.42. The van der Waals surface area contributed by atoms with Gasteiger partial charge in [-0.3, -0.25) is 19.8 Å². The van der Waals surface area contributed by atoms with E-state index >= 15 is 0 Å². The molecule has 0 aliphatic carbocycles. The summed E-state index contributed by atoms with van der Waals surface area (Å²) in [7, 11) is 0. The van der Waals surface area contributed by atoms with Crippen molar-refractivity contribution < 1.29 is 23.5 Å². The number of esters is 2. The first kappa shape index (κ1) is 24.5. The maximum Gasteiger partial charge on any atom is 0.308 e. The number of nitrogens with zero attached hydrogens (tertiary/aromatic N) is 1. The third-order valence-electron chi connectivity index (χ3n) is 4.69. The van der Waals surface area contributed by atoms with Crippen molar-refractivity contribution in [2.24, 2.45) is 5.10 Å². The van der Waals surface area contributed by atoms with Crippen molar-refractivity contribution >= 4 is 80.6 Å². The first-order chi connectivity index (χ1) is 16.7. The van der Waals surface area contributed by atoms with Crippen molar-refractivity contribution in [3.8, 4) is 11.5 Å². The number of nitrogens with one attached hydrogen (secondary N) is 1. The summed E-state index contributed by atoms with van der Waals surface area (Å²) in [6.45, 7) is 2.27. The largest absolute Gasteiger partial charge is 0.453 e. The molecule has 1 heterocycles. The van der Waals surface area contributed by atoms with E-state index in [1.165, 1.54) is 12.3 Å². The number of anilines is 1. The van der Waals surface area contributed by atoms with Crippen LogP contribution in [0.1, 0.15) is 19.4 Å². The molecule has 0 bridgehead atoms. The lowest BCUT2D eigenvalue weighted by Gasteiger charge is -2.14. The number of carbonyl (C=O) groups excluding carboxylic acids is 2. The lowest BCUT2D eigenvalue weighted by atomic mass is 10.1. The zero-order chi connectivity index (χ0) is 25.3. The highest BCUT2D eigenvalue weighted by Gasteiger charge is 2.27. The second kappa shape index (κ2) is 9.95. The summed E-state index contributed by atoms with van der Waals surface area (Å²) < 4.78 is 16.3. The maximum atomic E-state index is 13.5. The fourth-order valence-corrected chi connectivity index (χ4v) is 4.09. The molecule has 8 nitrogen and oxygen atoms in total. The molecule has 0 unspecified atom stereocenters. The highest BCUT2D eigenvalue weighted by Crippen LogP contribution is 2.47. The number of benzene rings is 3. The van der Waals surface area contributed by atoms with Crippen LogP contribution in [0.3, 0.4) is 0 Å². The van der Waals surface area contributed by atoms with Crippen molar-refractivity contribution in [3.63, 3.8) is 0 Å². The summed E-state index contributed by atoms with van der Waals surface area (Å²) in [4.78, 5) is 36.8. The molecule has 0 spiro atoms. The third kappa shape index (κ3) is 4.95. The normalized spacial score (nSPS) is 11.2. The van der Waals surface area contributed by atoms with E-state index in [0.717, 1.165) is 13.8 Å². The number of para-hydroxylation sites is 1. The standard InChI is InChI=1S/C24H15Cl3N2O6/c1-11(30)33-22-17-20(32)16-8-3-5-13(10-28-29-15-7-4-6-14(25)9-15)21(16)35-23(17)19(27)24(18(22)26)34-12(2)31/h3-10,29H,1-2H3/b28-10+. The molecular formula is C24H15Cl3N2O6. The quantitative estimate of drug-likeness (QED) is 0.107. The summed E-state index contributed by atoms with van der Waals surface area (Å²) >= 11 is 18.7. The van der Waals surface area contributed by atoms with Gasteiger partial charge in [0.2, 0.25) is 5.43 Å². The molecule has 0 aliphatic heterocycles. The maximum absolute atomic E-state index is 13.5. The number of hydrazone groups is 1. The first-order valence-electron chi connectivity index (χ1n) is 9.99. The van der Waals surface area contributed by atoms with E-state index in [1.54, 1.807) is 36.4 Å². The number of hydrogen-bond acceptors (Lipinski definition) is 8. The number of carbonyl (C=O) groups is 2. The van der Waals surface area contributed by atoms with Crippen molar-refractivity contribution in [1.29, 1.82) is 0 Å². The molecule has 0 fully saturated rings. The minimum absolute atomic E-state index is 0.147. The van der Waals surface area contributed by atoms with E-state index in [1.807, 2.05) is 0 Å². The van der Waals surface area contributed by atoms with Gasteiger partial charge in [-0.25, -0.2) is 0 Å². The molecule has 1 N–H and O–H groups in total. The fourth-order valence-electron chi connectivity index (χ4n) is 3.32. The second-order valence-corrected chi connectivity index (χ2v) is 8.41. The van der Waals surface area contributed by atoms with E-state index in [4.69, 9.17) is 48.7 Å². The molecule has 4 aromatic rings. The molecule has 0 amide bonds. The molecule has 0 aliphatic rings. The van der Waals surface area contributed by atoms with Gasteiger partial charge in [0, 0.05) is 24.4 Å². The van der Waals surface area contributed by atoms with Crippen LogP contribution in [0.4, 0.5) is 5.69 Å². The molecule has 0 saturated heterocycles. The van der Waals surface area contributed by atoms with Gasteiger partial charge in [-0.2, -0.15) is 5.10 Å². The lowest BCUT2D eigenvalue weighted by molar-refractivity contribution is -0.132. The molecule has 0 atom stereocenters. The average molecular weight is 534 g/mol. The molecule has 0 saturated carbocycles. The van der Waals surface area contributed by atoms with Crippen LogP contribution in [-0.2, 0) is 9.59 Å². The Labute approximate surface area is 213 Å². The van der Waals surface area contributed by atoms with Crippen LogP contribution in [0.2, 0.25) is 15.1 Å². The van der Waals surface area contributed by atoms with E-state index in [2.05, 4.69) is 10.5 Å². The summed E-state index contributed by atoms with van der Waals surface area (Å²) in [5.41, 5.74) is 3.33. The van der Waals surface area contributed by atoms with Gasteiger partial charge >= 0.3 is 11.9 Å². The van der Waals surface area contributed by atoms with E-state index in [0.29, 0.717) is 16.3 Å². The Morgan fingerprint density at radius 3 is 2.31 bits per heavy atom. The second-order valence-electron chi connectivity index (χ2n) is 7.21. The van der Waals surface area contributed by atoms with Gasteiger partial charge in [0.25, 0.3) is 0 Å². The van der Waals surface area contributed by atoms with Gasteiger partial charge in [-0.15, -0.1) is 0 Å². The predicted molar refractivity (Wildman–Crippen MR) is 135 cm³/mol. The Kier molecular flexibility index (Phi) is 6.98. The van der Waals surface area contributed by atoms with E-state index in [-0.39, 0.29) is 43.5 Å². The molecule has 3 aromatic carbocycles. The fraction of sp³-hybridized carbons (Fsp3) is 0.0833. The molecule has 11 heteroatoms. The molecule has 178 valence electrons. The smallest absolute Gasteiger partial charge is 0.308 e. The van der Waals surface area contributed by atoms with Crippen molar-refractivity contribution in [2.45, 2.75) is 13.8 Å². The van der Waals surface area contributed by atoms with Gasteiger partial charge in [0.15, 0.2) is 17.1 Å². The van der Waals surface area contributed by atoms with Crippen LogP contribution < -0.4 is 20.3 Å². The van der Waals surface area contributed by atoms with Crippen LogP contribution in [-0.4, -0.2) is 18.2 Å². The van der Waals surface area contributed by atoms with Crippen LogP contribution in [0.25, 0.3) is 21.9 Å². The number of ether oxygens (including phenoxy) is 2. The summed E-state index contributed by atoms with van der Waals surface area (Å²) in [6.07, 6.45) is 1.45. The number of fused-ring (bicyclic) bond motifs is 2. The van der Waals surface area contributed by atoms with Gasteiger partial charge in [-0.1, -0.05) is 46.9 Å². The average Bonchev–Trinajstić information content (AvgIpc) is 2.80. The monoisotopic (exact) mass is 532 g/mol. The summed E-state index contributed by atoms with van der Waals surface area (Å²) in [6, 6.07) is 11.8. The first-order valence-corrected chi connectivity index (χ1v) is 11.1. The Morgan fingerprint density at radius 1 is 0.943 bits per heavy atom. The minimum atomic E-state index is -0.753. The molecule has 1 aromatic heterocycles. The SMILES string of the molecule is CC(=O)Oc1c(Cl)c(OC(C)=O)c2c(=O)c3cccc(/C=N/Nc4cccc(Cl)c4)c3oc2c1Cl. The van der Waals surface area contributed by atoms with Crippen LogP contribution in [0.5, 0.6) is 11.5 Å². The van der Waals surface area contributed by atoms with Crippen LogP contribution >= 0.6 is 34.8 Å². The zero-order valence-corrected chi connectivity index (χ0v) is 20.4. The molecule has 35 heavy (non-hydrogen) atoms. The number of rotatable bonds is 5. The molecule has 4 rings (SSSR count). The number of halogens is 3. The third-order valence-corrected chi connectivity index (χ3v) is 5.61. The zero-order valence-electron chi connectivity index (χ0n) is 18.1. The highest BCUT2D eigenvalue weighted by atomic mass is 35.5. The Hall–Kier alpha value is -3.59. The minimum Gasteiger partial charge on any atom is -0.453 e. The lowest BCUT2D eigenvalue weighted by Crippen LogP contribution is -2.11. The van der Waals surface area contributed by atoms with Crippen molar-refractivity contribution in [3.05, 3.63) is 73.3 Å². The van der Waals surface area contributed by atoms with E-state index in [9.17, 15) is 14.4 Å².